The summed E-state index contributed by atoms with van der Waals surface area (Å²) in [6.07, 6.45) is 9.19. The SMILES string of the molecule is CC[C@]1(O)CC[C@@]2(C)[C@H](CC[C@@H]3[C@@H]2CC[C@]2(C)[C@@H]([C@H](C)[C@H](O)C(C)(F)F)CC[C@@H]32)C1. The van der Waals surface area contributed by atoms with Gasteiger partial charge in [-0.05, 0) is 111 Å². The van der Waals surface area contributed by atoms with Crippen LogP contribution in [0.3, 0.4) is 0 Å². The number of alkyl halides is 2. The van der Waals surface area contributed by atoms with Crippen molar-refractivity contribution in [2.45, 2.75) is 116 Å². The first-order chi connectivity index (χ1) is 13.9. The molecule has 0 bridgehead atoms. The average molecular weight is 427 g/mol. The Morgan fingerprint density at radius 2 is 1.63 bits per heavy atom. The van der Waals surface area contributed by atoms with Crippen LogP contribution >= 0.6 is 0 Å². The van der Waals surface area contributed by atoms with Crippen molar-refractivity contribution in [2.24, 2.45) is 46.3 Å². The van der Waals surface area contributed by atoms with Gasteiger partial charge < -0.3 is 10.2 Å². The minimum atomic E-state index is -3.03. The van der Waals surface area contributed by atoms with Gasteiger partial charge >= 0.3 is 0 Å². The van der Waals surface area contributed by atoms with Crippen molar-refractivity contribution in [2.75, 3.05) is 0 Å². The molecule has 0 aromatic rings. The molecule has 0 radical (unpaired) electrons. The molecule has 4 rings (SSSR count). The predicted octanol–water partition coefficient (Wildman–Crippen LogP) is 6.44. The highest BCUT2D eigenvalue weighted by Gasteiger charge is 2.62. The zero-order valence-corrected chi connectivity index (χ0v) is 19.8. The second kappa shape index (κ2) is 7.40. The molecule has 10 atom stereocenters. The van der Waals surface area contributed by atoms with Crippen LogP contribution in [-0.2, 0) is 0 Å². The zero-order valence-electron chi connectivity index (χ0n) is 19.8. The summed E-state index contributed by atoms with van der Waals surface area (Å²) >= 11 is 0. The van der Waals surface area contributed by atoms with Crippen LogP contribution in [0, 0.1) is 46.3 Å². The summed E-state index contributed by atoms with van der Waals surface area (Å²) in [7, 11) is 0. The standard InChI is InChI=1S/C26H44F2O2/c1-6-26(30)14-13-23(3)17(15-26)7-8-18-20-10-9-19(16(2)22(29)25(5,27)28)24(20,4)12-11-21(18)23/h16-22,29-30H,6-15H2,1-5H3/t16-,17+,18-,19+,20-,21-,22-,23-,24+,26-/m0/s1. The Labute approximate surface area is 182 Å². The fourth-order valence-corrected chi connectivity index (χ4v) is 9.23. The maximum absolute atomic E-state index is 13.9. The molecular formula is C26H44F2O2. The summed E-state index contributed by atoms with van der Waals surface area (Å²) in [5.41, 5.74) is -0.0598. The number of rotatable bonds is 4. The fourth-order valence-electron chi connectivity index (χ4n) is 9.23. The Balaban J connectivity index is 1.54. The molecular weight excluding hydrogens is 382 g/mol. The van der Waals surface area contributed by atoms with E-state index in [-0.39, 0.29) is 17.3 Å². The molecule has 4 heteroatoms. The molecule has 0 spiro atoms. The summed E-state index contributed by atoms with van der Waals surface area (Å²) in [4.78, 5) is 0. The normalized spacial score (nSPS) is 50.9. The molecule has 0 aliphatic heterocycles. The van der Waals surface area contributed by atoms with Crippen LogP contribution in [0.25, 0.3) is 0 Å². The third-order valence-corrected chi connectivity index (χ3v) is 11.2. The molecule has 2 nitrogen and oxygen atoms in total. The molecule has 0 aromatic carbocycles. The van der Waals surface area contributed by atoms with Crippen molar-refractivity contribution in [3.63, 3.8) is 0 Å². The van der Waals surface area contributed by atoms with Crippen LogP contribution < -0.4 is 0 Å². The predicted molar refractivity (Wildman–Crippen MR) is 116 cm³/mol. The van der Waals surface area contributed by atoms with Gasteiger partial charge in [-0.25, -0.2) is 8.78 Å². The Hall–Kier alpha value is -0.220. The van der Waals surface area contributed by atoms with E-state index in [0.717, 1.165) is 51.9 Å². The van der Waals surface area contributed by atoms with Gasteiger partial charge in [0, 0.05) is 6.92 Å². The number of hydrogen-bond donors (Lipinski definition) is 2. The third kappa shape index (κ3) is 3.38. The minimum absolute atomic E-state index is 0.0782. The Kier molecular flexibility index (Phi) is 5.66. The highest BCUT2D eigenvalue weighted by Crippen LogP contribution is 2.69. The Morgan fingerprint density at radius 3 is 2.27 bits per heavy atom. The Morgan fingerprint density at radius 1 is 0.967 bits per heavy atom. The van der Waals surface area contributed by atoms with E-state index >= 15 is 0 Å². The summed E-state index contributed by atoms with van der Waals surface area (Å²) in [5.74, 6) is -0.584. The lowest BCUT2D eigenvalue weighted by molar-refractivity contribution is -0.163. The maximum atomic E-state index is 13.9. The molecule has 174 valence electrons. The van der Waals surface area contributed by atoms with Gasteiger partial charge in [0.15, 0.2) is 0 Å². The van der Waals surface area contributed by atoms with Gasteiger partial charge in [-0.1, -0.05) is 27.7 Å². The third-order valence-electron chi connectivity index (χ3n) is 11.2. The number of fused-ring (bicyclic) bond motifs is 5. The molecule has 4 fully saturated rings. The first-order valence-corrected chi connectivity index (χ1v) is 12.6. The number of hydrogen-bond acceptors (Lipinski definition) is 2. The average Bonchev–Trinajstić information content (AvgIpc) is 3.04. The summed E-state index contributed by atoms with van der Waals surface area (Å²) in [5, 5.41) is 21.3. The van der Waals surface area contributed by atoms with E-state index in [0.29, 0.717) is 29.1 Å². The van der Waals surface area contributed by atoms with Crippen LogP contribution in [-0.4, -0.2) is 27.8 Å². The first kappa shape index (κ1) is 23.0. The lowest BCUT2D eigenvalue weighted by Gasteiger charge is -2.62. The minimum Gasteiger partial charge on any atom is -0.390 e. The van der Waals surface area contributed by atoms with Gasteiger partial charge in [0.05, 0.1) is 5.60 Å². The van der Waals surface area contributed by atoms with Gasteiger partial charge in [-0.15, -0.1) is 0 Å². The lowest BCUT2D eigenvalue weighted by Crippen LogP contribution is -2.56. The lowest BCUT2D eigenvalue weighted by atomic mass is 9.43. The molecule has 4 aliphatic carbocycles. The fraction of sp³-hybridized carbons (Fsp3) is 1.00. The first-order valence-electron chi connectivity index (χ1n) is 12.6. The van der Waals surface area contributed by atoms with E-state index in [1.165, 1.54) is 19.3 Å². The topological polar surface area (TPSA) is 40.5 Å². The van der Waals surface area contributed by atoms with Gasteiger partial charge in [0.1, 0.15) is 6.10 Å². The quantitative estimate of drug-likeness (QED) is 0.543. The van der Waals surface area contributed by atoms with E-state index in [4.69, 9.17) is 0 Å². The molecule has 30 heavy (non-hydrogen) atoms. The molecule has 4 saturated carbocycles. The number of aliphatic hydroxyl groups is 2. The molecule has 0 aromatic heterocycles. The number of aliphatic hydroxyl groups excluding tert-OH is 1. The number of halogens is 2. The molecule has 2 N–H and O–H groups in total. The molecule has 0 heterocycles. The monoisotopic (exact) mass is 426 g/mol. The zero-order chi connectivity index (χ0) is 22.1. The van der Waals surface area contributed by atoms with Crippen molar-refractivity contribution >= 4 is 0 Å². The van der Waals surface area contributed by atoms with E-state index in [1.807, 2.05) is 6.92 Å². The van der Waals surface area contributed by atoms with E-state index in [9.17, 15) is 19.0 Å². The van der Waals surface area contributed by atoms with E-state index in [1.54, 1.807) is 0 Å². The van der Waals surface area contributed by atoms with Crippen molar-refractivity contribution < 1.29 is 19.0 Å². The van der Waals surface area contributed by atoms with Crippen molar-refractivity contribution in [3.8, 4) is 0 Å². The molecule has 0 amide bonds. The molecule has 0 unspecified atom stereocenters. The van der Waals surface area contributed by atoms with Crippen LogP contribution in [0.15, 0.2) is 0 Å². The highest BCUT2D eigenvalue weighted by atomic mass is 19.3. The Bertz CT molecular complexity index is 647. The van der Waals surface area contributed by atoms with Crippen LogP contribution in [0.2, 0.25) is 0 Å². The maximum Gasteiger partial charge on any atom is 0.270 e. The van der Waals surface area contributed by atoms with Crippen LogP contribution in [0.1, 0.15) is 98.8 Å². The largest absolute Gasteiger partial charge is 0.390 e. The second-order valence-corrected chi connectivity index (χ2v) is 12.4. The van der Waals surface area contributed by atoms with Crippen molar-refractivity contribution in [1.29, 1.82) is 0 Å². The van der Waals surface area contributed by atoms with Gasteiger partial charge in [-0.3, -0.25) is 0 Å². The van der Waals surface area contributed by atoms with Gasteiger partial charge in [-0.2, -0.15) is 0 Å². The molecule has 0 saturated heterocycles. The van der Waals surface area contributed by atoms with Gasteiger partial charge in [0.25, 0.3) is 5.92 Å². The van der Waals surface area contributed by atoms with Crippen molar-refractivity contribution in [1.82, 2.24) is 0 Å². The smallest absolute Gasteiger partial charge is 0.270 e. The van der Waals surface area contributed by atoms with Crippen LogP contribution in [0.5, 0.6) is 0 Å². The summed E-state index contributed by atoms with van der Waals surface area (Å²) < 4.78 is 27.8. The van der Waals surface area contributed by atoms with E-state index in [2.05, 4.69) is 20.8 Å². The van der Waals surface area contributed by atoms with E-state index < -0.39 is 17.6 Å². The second-order valence-electron chi connectivity index (χ2n) is 12.4. The highest BCUT2D eigenvalue weighted by molar-refractivity contribution is 5.11. The van der Waals surface area contributed by atoms with Gasteiger partial charge in [0.2, 0.25) is 0 Å². The van der Waals surface area contributed by atoms with Crippen molar-refractivity contribution in [3.05, 3.63) is 0 Å². The summed E-state index contributed by atoms with van der Waals surface area (Å²) in [6.45, 7) is 9.70. The molecule has 4 aliphatic rings. The summed E-state index contributed by atoms with van der Waals surface area (Å²) in [6, 6.07) is 0. The van der Waals surface area contributed by atoms with Crippen LogP contribution in [0.4, 0.5) is 8.78 Å².